The zero-order valence-corrected chi connectivity index (χ0v) is 18.3. The Morgan fingerprint density at radius 2 is 1.88 bits per heavy atom. The molecule has 2 aromatic carbocycles. The van der Waals surface area contributed by atoms with Gasteiger partial charge in [-0.05, 0) is 48.2 Å². The highest BCUT2D eigenvalue weighted by Crippen LogP contribution is 2.36. The second kappa shape index (κ2) is 7.71. The molecule has 0 spiro atoms. The Kier molecular flexibility index (Phi) is 4.82. The van der Waals surface area contributed by atoms with E-state index in [1.54, 1.807) is 16.9 Å². The number of rotatable bonds is 3. The van der Waals surface area contributed by atoms with Crippen LogP contribution in [-0.2, 0) is 23.2 Å². The van der Waals surface area contributed by atoms with Gasteiger partial charge in [-0.1, -0.05) is 18.2 Å². The van der Waals surface area contributed by atoms with E-state index in [0.29, 0.717) is 24.1 Å². The monoisotopic (exact) mass is 439 g/mol. The number of nitrogens with zero attached hydrogens (tertiary/aromatic N) is 4. The number of hydrogen-bond donors (Lipinski definition) is 1. The van der Waals surface area contributed by atoms with Crippen LogP contribution in [0.25, 0.3) is 22.4 Å². The summed E-state index contributed by atoms with van der Waals surface area (Å²) in [5.41, 5.74) is 6.29. The highest BCUT2D eigenvalue weighted by Gasteiger charge is 2.39. The van der Waals surface area contributed by atoms with E-state index in [9.17, 15) is 19.6 Å². The lowest BCUT2D eigenvalue weighted by Gasteiger charge is -2.29. The van der Waals surface area contributed by atoms with Crippen molar-refractivity contribution in [3.05, 3.63) is 64.8 Å². The molecule has 8 heteroatoms. The summed E-state index contributed by atoms with van der Waals surface area (Å²) in [4.78, 5) is 38.3. The van der Waals surface area contributed by atoms with Crippen molar-refractivity contribution in [1.29, 1.82) is 5.26 Å². The quantitative estimate of drug-likeness (QED) is 0.632. The van der Waals surface area contributed by atoms with E-state index in [4.69, 9.17) is 0 Å². The van der Waals surface area contributed by atoms with Crippen molar-refractivity contribution in [3.63, 3.8) is 0 Å². The van der Waals surface area contributed by atoms with E-state index in [1.165, 1.54) is 4.90 Å². The Morgan fingerprint density at radius 1 is 1.09 bits per heavy atom. The smallest absolute Gasteiger partial charge is 0.255 e. The Bertz CT molecular complexity index is 1380. The van der Waals surface area contributed by atoms with Crippen molar-refractivity contribution in [2.75, 3.05) is 0 Å². The van der Waals surface area contributed by atoms with Gasteiger partial charge in [-0.2, -0.15) is 10.4 Å². The minimum atomic E-state index is -0.647. The summed E-state index contributed by atoms with van der Waals surface area (Å²) >= 11 is 0. The average Bonchev–Trinajstić information content (AvgIpc) is 3.33. The molecule has 1 unspecified atom stereocenters. The summed E-state index contributed by atoms with van der Waals surface area (Å²) < 4.78 is 1.74. The molecule has 0 radical (unpaired) electrons. The normalized spacial score (nSPS) is 17.7. The lowest BCUT2D eigenvalue weighted by atomic mass is 9.95. The fraction of sp³-hybridized carbons (Fsp3) is 0.240. The number of benzene rings is 2. The molecule has 1 N–H and O–H groups in total. The van der Waals surface area contributed by atoms with E-state index < -0.39 is 11.9 Å². The van der Waals surface area contributed by atoms with Crippen LogP contribution in [0.2, 0.25) is 0 Å². The molecule has 164 valence electrons. The van der Waals surface area contributed by atoms with Crippen LogP contribution in [0.4, 0.5) is 0 Å². The van der Waals surface area contributed by atoms with Gasteiger partial charge in [0.1, 0.15) is 6.04 Å². The number of carbonyl (C=O) groups excluding carboxylic acids is 3. The zero-order valence-electron chi connectivity index (χ0n) is 18.3. The topological polar surface area (TPSA) is 108 Å². The van der Waals surface area contributed by atoms with Gasteiger partial charge in [-0.15, -0.1) is 0 Å². The van der Waals surface area contributed by atoms with Gasteiger partial charge in [0.2, 0.25) is 11.8 Å². The van der Waals surface area contributed by atoms with Crippen LogP contribution in [0, 0.1) is 18.3 Å². The summed E-state index contributed by atoms with van der Waals surface area (Å²) in [6.45, 7) is 2.25. The first-order valence-electron chi connectivity index (χ1n) is 10.7. The summed E-state index contributed by atoms with van der Waals surface area (Å²) in [5, 5.41) is 16.4. The van der Waals surface area contributed by atoms with E-state index in [1.807, 2.05) is 44.3 Å². The van der Waals surface area contributed by atoms with E-state index >= 15 is 0 Å². The highest BCUT2D eigenvalue weighted by atomic mass is 16.2. The second-order valence-corrected chi connectivity index (χ2v) is 8.46. The van der Waals surface area contributed by atoms with Crippen LogP contribution in [0.15, 0.2) is 42.6 Å². The average molecular weight is 439 g/mol. The highest BCUT2D eigenvalue weighted by molar-refractivity contribution is 6.05. The number of piperidine rings is 1. The Balaban J connectivity index is 1.52. The standard InChI is InChI=1S/C25H21N5O3/c1-14-3-5-18(16(9-14)11-26)23-20(12-27-29(23)2)15-4-6-19-17(10-15)13-30(25(19)33)21-7-8-22(31)28-24(21)32/h3-6,9-10,12,21H,7-8,13H2,1-2H3,(H,28,31,32). The van der Waals surface area contributed by atoms with Crippen LogP contribution < -0.4 is 5.32 Å². The van der Waals surface area contributed by atoms with Gasteiger partial charge in [-0.25, -0.2) is 0 Å². The largest absolute Gasteiger partial charge is 0.322 e. The van der Waals surface area contributed by atoms with Crippen LogP contribution in [0.5, 0.6) is 0 Å². The SMILES string of the molecule is Cc1ccc(-c2c(-c3ccc4c(c3)CN(C3CCC(=O)NC3=O)C4=O)cnn2C)c(C#N)c1. The number of nitriles is 1. The summed E-state index contributed by atoms with van der Waals surface area (Å²) in [7, 11) is 1.83. The third kappa shape index (κ3) is 3.38. The number of carbonyl (C=O) groups is 3. The van der Waals surface area contributed by atoms with Gasteiger partial charge in [0.15, 0.2) is 0 Å². The molecule has 1 saturated heterocycles. The maximum atomic E-state index is 13.0. The third-order valence-electron chi connectivity index (χ3n) is 6.32. The molecule has 3 amide bonds. The Hall–Kier alpha value is -4.25. The van der Waals surface area contributed by atoms with Crippen molar-refractivity contribution < 1.29 is 14.4 Å². The van der Waals surface area contributed by atoms with Crippen LogP contribution in [0.1, 0.15) is 39.9 Å². The predicted octanol–water partition coefficient (Wildman–Crippen LogP) is 2.70. The fourth-order valence-electron chi connectivity index (χ4n) is 4.67. The molecular formula is C25H21N5O3. The number of hydrogen-bond acceptors (Lipinski definition) is 5. The van der Waals surface area contributed by atoms with Crippen molar-refractivity contribution in [2.45, 2.75) is 32.4 Å². The first-order chi connectivity index (χ1) is 15.9. The van der Waals surface area contributed by atoms with Crippen LogP contribution in [0.3, 0.4) is 0 Å². The maximum Gasteiger partial charge on any atom is 0.255 e. The van der Waals surface area contributed by atoms with Gasteiger partial charge in [0.05, 0.1) is 23.5 Å². The minimum absolute atomic E-state index is 0.206. The number of imide groups is 1. The molecular weight excluding hydrogens is 418 g/mol. The molecule has 1 fully saturated rings. The number of aromatic nitrogens is 2. The van der Waals surface area contributed by atoms with Gasteiger partial charge in [0.25, 0.3) is 5.91 Å². The first kappa shape index (κ1) is 20.6. The van der Waals surface area contributed by atoms with Gasteiger partial charge in [0, 0.05) is 36.7 Å². The van der Waals surface area contributed by atoms with E-state index in [2.05, 4.69) is 16.5 Å². The molecule has 0 bridgehead atoms. The molecule has 5 rings (SSSR count). The molecule has 0 saturated carbocycles. The third-order valence-corrected chi connectivity index (χ3v) is 6.32. The second-order valence-electron chi connectivity index (χ2n) is 8.46. The van der Waals surface area contributed by atoms with E-state index in [0.717, 1.165) is 33.5 Å². The number of amides is 3. The summed E-state index contributed by atoms with van der Waals surface area (Å²) in [6, 6.07) is 13.0. The molecule has 0 aliphatic carbocycles. The van der Waals surface area contributed by atoms with Crippen molar-refractivity contribution in [2.24, 2.45) is 7.05 Å². The lowest BCUT2D eigenvalue weighted by Crippen LogP contribution is -2.52. The predicted molar refractivity (Wildman–Crippen MR) is 120 cm³/mol. The lowest BCUT2D eigenvalue weighted by molar-refractivity contribution is -0.136. The van der Waals surface area contributed by atoms with Gasteiger partial charge < -0.3 is 4.90 Å². The molecule has 2 aliphatic rings. The van der Waals surface area contributed by atoms with Crippen LogP contribution >= 0.6 is 0 Å². The Labute approximate surface area is 190 Å². The zero-order chi connectivity index (χ0) is 23.3. The molecule has 3 heterocycles. The fourth-order valence-corrected chi connectivity index (χ4v) is 4.67. The molecule has 3 aromatic rings. The molecule has 8 nitrogen and oxygen atoms in total. The molecule has 2 aliphatic heterocycles. The number of aryl methyl sites for hydroxylation is 2. The van der Waals surface area contributed by atoms with E-state index in [-0.39, 0.29) is 18.2 Å². The van der Waals surface area contributed by atoms with Gasteiger partial charge >= 0.3 is 0 Å². The number of nitrogens with one attached hydrogen (secondary N) is 1. The Morgan fingerprint density at radius 3 is 2.64 bits per heavy atom. The first-order valence-corrected chi connectivity index (χ1v) is 10.7. The molecule has 1 aromatic heterocycles. The molecule has 33 heavy (non-hydrogen) atoms. The van der Waals surface area contributed by atoms with Crippen molar-refractivity contribution >= 4 is 17.7 Å². The summed E-state index contributed by atoms with van der Waals surface area (Å²) in [6.07, 6.45) is 2.31. The molecule has 1 atom stereocenters. The van der Waals surface area contributed by atoms with Crippen molar-refractivity contribution in [3.8, 4) is 28.5 Å². The summed E-state index contributed by atoms with van der Waals surface area (Å²) in [5.74, 6) is -0.937. The minimum Gasteiger partial charge on any atom is -0.322 e. The van der Waals surface area contributed by atoms with Crippen LogP contribution in [-0.4, -0.2) is 38.4 Å². The van der Waals surface area contributed by atoms with Crippen molar-refractivity contribution in [1.82, 2.24) is 20.0 Å². The number of fused-ring (bicyclic) bond motifs is 1. The van der Waals surface area contributed by atoms with Gasteiger partial charge in [-0.3, -0.25) is 24.4 Å². The maximum absolute atomic E-state index is 13.0.